The van der Waals surface area contributed by atoms with Gasteiger partial charge in [0.1, 0.15) is 24.7 Å². The number of nitrogens with zero attached hydrogens (tertiary/aromatic N) is 6. The Bertz CT molecular complexity index is 1330. The van der Waals surface area contributed by atoms with E-state index < -0.39 is 6.67 Å². The van der Waals surface area contributed by atoms with E-state index in [-0.39, 0.29) is 36.0 Å². The fraction of sp³-hybridized carbons (Fsp3) is 0.261. The molecule has 4 aromatic rings. The molecule has 0 fully saturated rings. The number of hydrogen-bond acceptors (Lipinski definition) is 6. The van der Waals surface area contributed by atoms with Crippen LogP contribution in [0.1, 0.15) is 26.5 Å². The zero-order chi connectivity index (χ0) is 23.5. The molecule has 170 valence electrons. The van der Waals surface area contributed by atoms with Crippen LogP contribution in [0.4, 0.5) is 4.39 Å². The first-order valence-electron chi connectivity index (χ1n) is 10.3. The summed E-state index contributed by atoms with van der Waals surface area (Å²) in [5.41, 5.74) is 2.49. The van der Waals surface area contributed by atoms with Crippen molar-refractivity contribution in [1.82, 2.24) is 29.0 Å². The second-order valence-electron chi connectivity index (χ2n) is 7.65. The lowest BCUT2D eigenvalue weighted by Crippen LogP contribution is -2.24. The maximum absolute atomic E-state index is 13.0. The molecule has 3 heterocycles. The number of carbonyl (C=O) groups is 2. The van der Waals surface area contributed by atoms with Crippen molar-refractivity contribution in [2.75, 3.05) is 27.4 Å². The van der Waals surface area contributed by atoms with Gasteiger partial charge in [-0.25, -0.2) is 14.4 Å². The number of fused-ring (bicyclic) bond motifs is 1. The number of alkyl halides is 1. The minimum Gasteiger partial charge on any atom is -0.491 e. The number of halogens is 1. The number of hydrogen-bond donors (Lipinski definition) is 0. The number of Topliss-reactive ketones (excluding diaryl/α,β-unsaturated/α-hetero) is 1. The van der Waals surface area contributed by atoms with Gasteiger partial charge in [0.05, 0.1) is 29.6 Å². The fourth-order valence-electron chi connectivity index (χ4n) is 3.46. The topological polar surface area (TPSA) is 94.6 Å². The standard InChI is InChI=1S/C23H23FN6O3/c1-28(2)22(32)18-13-25-29(3)21(18)20(31)12-16-7-9-30-14-19(27-23(30)26-16)15-5-4-6-17(11-15)33-10-8-24/h4-7,9,11,13-14H,8,10,12H2,1-3H3. The minimum atomic E-state index is -0.562. The summed E-state index contributed by atoms with van der Waals surface area (Å²) >= 11 is 0. The maximum atomic E-state index is 13.0. The van der Waals surface area contributed by atoms with E-state index in [4.69, 9.17) is 4.74 Å². The summed E-state index contributed by atoms with van der Waals surface area (Å²) in [4.78, 5) is 35.9. The molecule has 0 atom stereocenters. The Labute approximate surface area is 189 Å². The summed E-state index contributed by atoms with van der Waals surface area (Å²) < 4.78 is 20.9. The van der Waals surface area contributed by atoms with Crippen LogP contribution in [0.2, 0.25) is 0 Å². The molecule has 33 heavy (non-hydrogen) atoms. The molecule has 0 N–H and O–H groups in total. The largest absolute Gasteiger partial charge is 0.491 e. The molecule has 4 rings (SSSR count). The molecular weight excluding hydrogens is 427 g/mol. The van der Waals surface area contributed by atoms with Gasteiger partial charge in [0.15, 0.2) is 5.78 Å². The predicted octanol–water partition coefficient (Wildman–Crippen LogP) is 2.61. The lowest BCUT2D eigenvalue weighted by atomic mass is 10.1. The fourth-order valence-corrected chi connectivity index (χ4v) is 3.46. The highest BCUT2D eigenvalue weighted by Crippen LogP contribution is 2.23. The third kappa shape index (κ3) is 4.59. The van der Waals surface area contributed by atoms with Gasteiger partial charge in [-0.2, -0.15) is 5.10 Å². The van der Waals surface area contributed by atoms with Crippen LogP contribution < -0.4 is 4.74 Å². The zero-order valence-corrected chi connectivity index (χ0v) is 18.5. The molecule has 0 saturated heterocycles. The van der Waals surface area contributed by atoms with Crippen molar-refractivity contribution in [3.05, 3.63) is 65.9 Å². The zero-order valence-electron chi connectivity index (χ0n) is 18.5. The first-order valence-corrected chi connectivity index (χ1v) is 10.3. The summed E-state index contributed by atoms with van der Waals surface area (Å²) in [6.07, 6.45) is 4.99. The van der Waals surface area contributed by atoms with Gasteiger partial charge < -0.3 is 9.64 Å². The van der Waals surface area contributed by atoms with Gasteiger partial charge in [0, 0.05) is 39.1 Å². The predicted molar refractivity (Wildman–Crippen MR) is 119 cm³/mol. The Hall–Kier alpha value is -4.08. The third-order valence-electron chi connectivity index (χ3n) is 5.04. The van der Waals surface area contributed by atoms with Crippen molar-refractivity contribution >= 4 is 17.5 Å². The second-order valence-corrected chi connectivity index (χ2v) is 7.65. The number of imidazole rings is 1. The van der Waals surface area contributed by atoms with E-state index >= 15 is 0 Å². The Morgan fingerprint density at radius 2 is 2.00 bits per heavy atom. The monoisotopic (exact) mass is 450 g/mol. The summed E-state index contributed by atoms with van der Waals surface area (Å²) in [5.74, 6) is 0.438. The lowest BCUT2D eigenvalue weighted by molar-refractivity contribution is 0.0819. The molecule has 0 unspecified atom stereocenters. The molecule has 1 aromatic carbocycles. The van der Waals surface area contributed by atoms with Crippen molar-refractivity contribution < 1.29 is 18.7 Å². The number of aromatic nitrogens is 5. The van der Waals surface area contributed by atoms with Crippen molar-refractivity contribution in [1.29, 1.82) is 0 Å². The van der Waals surface area contributed by atoms with Crippen molar-refractivity contribution in [2.24, 2.45) is 7.05 Å². The Balaban J connectivity index is 1.58. The van der Waals surface area contributed by atoms with E-state index in [1.165, 1.54) is 15.8 Å². The van der Waals surface area contributed by atoms with Crippen LogP contribution in [0.15, 0.2) is 48.9 Å². The van der Waals surface area contributed by atoms with Crippen LogP contribution in [-0.2, 0) is 13.5 Å². The van der Waals surface area contributed by atoms with Gasteiger partial charge in [-0.15, -0.1) is 0 Å². The first kappa shape index (κ1) is 22.1. The van der Waals surface area contributed by atoms with Gasteiger partial charge in [-0.05, 0) is 18.2 Å². The van der Waals surface area contributed by atoms with Crippen LogP contribution in [0.5, 0.6) is 5.75 Å². The average Bonchev–Trinajstić information content (AvgIpc) is 3.40. The van der Waals surface area contributed by atoms with E-state index in [1.54, 1.807) is 49.9 Å². The van der Waals surface area contributed by atoms with E-state index in [2.05, 4.69) is 15.1 Å². The second kappa shape index (κ2) is 9.19. The lowest BCUT2D eigenvalue weighted by Gasteiger charge is -2.10. The smallest absolute Gasteiger partial charge is 0.257 e. The van der Waals surface area contributed by atoms with Crippen LogP contribution in [0, 0.1) is 0 Å². The molecule has 0 saturated carbocycles. The molecule has 0 spiro atoms. The molecule has 0 aliphatic carbocycles. The van der Waals surface area contributed by atoms with Gasteiger partial charge in [0.25, 0.3) is 5.91 Å². The highest BCUT2D eigenvalue weighted by atomic mass is 19.1. The van der Waals surface area contributed by atoms with E-state index in [0.717, 1.165) is 5.56 Å². The maximum Gasteiger partial charge on any atom is 0.257 e. The van der Waals surface area contributed by atoms with Crippen molar-refractivity contribution in [2.45, 2.75) is 6.42 Å². The third-order valence-corrected chi connectivity index (χ3v) is 5.04. The number of carbonyl (C=O) groups excluding carboxylic acids is 2. The van der Waals surface area contributed by atoms with Crippen LogP contribution >= 0.6 is 0 Å². The number of ketones is 1. The van der Waals surface area contributed by atoms with Crippen molar-refractivity contribution in [3.63, 3.8) is 0 Å². The molecular formula is C23H23FN6O3. The SMILES string of the molecule is CN(C)C(=O)c1cnn(C)c1C(=O)Cc1ccn2cc(-c3cccc(OCCF)c3)nc2n1. The molecule has 3 aromatic heterocycles. The Morgan fingerprint density at radius 1 is 1.18 bits per heavy atom. The summed E-state index contributed by atoms with van der Waals surface area (Å²) in [6.45, 7) is -0.570. The molecule has 1 amide bonds. The highest BCUT2D eigenvalue weighted by Gasteiger charge is 2.23. The molecule has 0 aliphatic rings. The molecule has 9 nitrogen and oxygen atoms in total. The molecule has 0 bridgehead atoms. The summed E-state index contributed by atoms with van der Waals surface area (Å²) in [5, 5.41) is 4.08. The van der Waals surface area contributed by atoms with E-state index in [1.807, 2.05) is 18.3 Å². The van der Waals surface area contributed by atoms with Gasteiger partial charge in [-0.3, -0.25) is 18.7 Å². The number of ether oxygens (including phenoxy) is 1. The van der Waals surface area contributed by atoms with Gasteiger partial charge in [0.2, 0.25) is 5.78 Å². The quantitative estimate of drug-likeness (QED) is 0.383. The van der Waals surface area contributed by atoms with Crippen LogP contribution in [-0.4, -0.2) is 68.1 Å². The number of rotatable bonds is 8. The summed E-state index contributed by atoms with van der Waals surface area (Å²) in [6, 6.07) is 8.96. The minimum absolute atomic E-state index is 0.00150. The van der Waals surface area contributed by atoms with Gasteiger partial charge >= 0.3 is 0 Å². The van der Waals surface area contributed by atoms with Gasteiger partial charge in [-0.1, -0.05) is 12.1 Å². The Morgan fingerprint density at radius 3 is 2.76 bits per heavy atom. The molecule has 0 radical (unpaired) electrons. The van der Waals surface area contributed by atoms with Crippen LogP contribution in [0.3, 0.4) is 0 Å². The average molecular weight is 450 g/mol. The normalized spacial score (nSPS) is 11.0. The molecule has 0 aliphatic heterocycles. The van der Waals surface area contributed by atoms with E-state index in [9.17, 15) is 14.0 Å². The number of benzene rings is 1. The Kier molecular flexibility index (Phi) is 6.16. The van der Waals surface area contributed by atoms with Crippen LogP contribution in [0.25, 0.3) is 17.0 Å². The number of aryl methyl sites for hydroxylation is 1. The van der Waals surface area contributed by atoms with Crippen molar-refractivity contribution in [3.8, 4) is 17.0 Å². The molecule has 10 heteroatoms. The number of amides is 1. The highest BCUT2D eigenvalue weighted by molar-refractivity contribution is 6.07. The summed E-state index contributed by atoms with van der Waals surface area (Å²) in [7, 11) is 4.87. The van der Waals surface area contributed by atoms with E-state index in [0.29, 0.717) is 22.9 Å². The first-order chi connectivity index (χ1) is 15.9.